The van der Waals surface area contributed by atoms with Gasteiger partial charge in [0.05, 0.1) is 5.56 Å². The maximum absolute atomic E-state index is 11.0. The van der Waals surface area contributed by atoms with Crippen LogP contribution in [-0.4, -0.2) is 39.0 Å². The van der Waals surface area contributed by atoms with Crippen molar-refractivity contribution in [2.24, 2.45) is 0 Å². The topological polar surface area (TPSA) is 66.3 Å². The molecule has 23 heavy (non-hydrogen) atoms. The molecule has 5 heteroatoms. The van der Waals surface area contributed by atoms with Gasteiger partial charge in [0.15, 0.2) is 0 Å². The summed E-state index contributed by atoms with van der Waals surface area (Å²) < 4.78 is 0. The van der Waals surface area contributed by atoms with Crippen molar-refractivity contribution < 1.29 is 9.90 Å². The highest BCUT2D eigenvalue weighted by molar-refractivity contribution is 5.87. The van der Waals surface area contributed by atoms with E-state index in [0.29, 0.717) is 11.5 Å². The maximum Gasteiger partial charge on any atom is 0.335 e. The third-order valence-electron chi connectivity index (χ3n) is 4.38. The summed E-state index contributed by atoms with van der Waals surface area (Å²) in [5, 5.41) is 9.07. The van der Waals surface area contributed by atoms with Gasteiger partial charge in [-0.25, -0.2) is 14.8 Å². The minimum atomic E-state index is -0.871. The number of likely N-dealkylation sites (tertiary alicyclic amines) is 1. The molecule has 1 aromatic carbocycles. The van der Waals surface area contributed by atoms with Crippen molar-refractivity contribution in [3.63, 3.8) is 0 Å². The Morgan fingerprint density at radius 2 is 2.09 bits per heavy atom. The van der Waals surface area contributed by atoms with E-state index in [1.54, 1.807) is 12.1 Å². The summed E-state index contributed by atoms with van der Waals surface area (Å²) in [4.78, 5) is 22.1. The Labute approximate surface area is 136 Å². The van der Waals surface area contributed by atoms with Crippen LogP contribution in [0, 0.1) is 6.92 Å². The molecule has 2 aromatic rings. The van der Waals surface area contributed by atoms with E-state index in [0.717, 1.165) is 49.6 Å². The number of hydrogen-bond donors (Lipinski definition) is 1. The number of rotatable bonds is 4. The predicted octanol–water partition coefficient (Wildman–Crippen LogP) is 2.86. The molecular formula is C18H21N3O2. The van der Waals surface area contributed by atoms with Crippen molar-refractivity contribution in [3.8, 4) is 0 Å². The molecule has 0 bridgehead atoms. The van der Waals surface area contributed by atoms with Crippen LogP contribution in [0.4, 0.5) is 0 Å². The molecule has 0 saturated carbocycles. The number of aryl methyl sites for hydroxylation is 1. The van der Waals surface area contributed by atoms with E-state index in [1.807, 2.05) is 31.3 Å². The van der Waals surface area contributed by atoms with Gasteiger partial charge in [0.2, 0.25) is 0 Å². The molecule has 2 heterocycles. The fourth-order valence-corrected chi connectivity index (χ4v) is 3.15. The number of nitrogens with zero attached hydrogens (tertiary/aromatic N) is 3. The summed E-state index contributed by atoms with van der Waals surface area (Å²) in [5.41, 5.74) is 2.56. The Morgan fingerprint density at radius 3 is 2.78 bits per heavy atom. The Balaban J connectivity index is 1.59. The molecule has 0 radical (unpaired) electrons. The van der Waals surface area contributed by atoms with Crippen LogP contribution in [0.3, 0.4) is 0 Å². The summed E-state index contributed by atoms with van der Waals surface area (Å²) in [6, 6.07) is 9.23. The van der Waals surface area contributed by atoms with E-state index in [-0.39, 0.29) is 0 Å². The highest BCUT2D eigenvalue weighted by Gasteiger charge is 2.21. The van der Waals surface area contributed by atoms with Crippen molar-refractivity contribution in [2.75, 3.05) is 13.1 Å². The molecule has 0 spiro atoms. The summed E-state index contributed by atoms with van der Waals surface area (Å²) >= 11 is 0. The van der Waals surface area contributed by atoms with Crippen LogP contribution in [0.15, 0.2) is 36.5 Å². The Hall–Kier alpha value is -2.27. The Morgan fingerprint density at radius 1 is 1.30 bits per heavy atom. The van der Waals surface area contributed by atoms with Crippen LogP contribution in [0.2, 0.25) is 0 Å². The molecule has 0 atom stereocenters. The average Bonchev–Trinajstić information content (AvgIpc) is 2.56. The highest BCUT2D eigenvalue weighted by atomic mass is 16.4. The number of benzene rings is 1. The first-order valence-corrected chi connectivity index (χ1v) is 7.96. The summed E-state index contributed by atoms with van der Waals surface area (Å²) in [7, 11) is 0. The predicted molar refractivity (Wildman–Crippen MR) is 87.4 cm³/mol. The van der Waals surface area contributed by atoms with E-state index in [9.17, 15) is 4.79 Å². The first-order chi connectivity index (χ1) is 11.1. The number of hydrogen-bond acceptors (Lipinski definition) is 4. The van der Waals surface area contributed by atoms with Gasteiger partial charge in [-0.1, -0.05) is 12.1 Å². The molecule has 1 N–H and O–H groups in total. The van der Waals surface area contributed by atoms with Crippen LogP contribution in [0.1, 0.15) is 46.2 Å². The highest BCUT2D eigenvalue weighted by Crippen LogP contribution is 2.27. The lowest BCUT2D eigenvalue weighted by atomic mass is 9.93. The molecule has 0 amide bonds. The van der Waals surface area contributed by atoms with Crippen LogP contribution >= 0.6 is 0 Å². The number of carboxylic acids is 1. The zero-order valence-electron chi connectivity index (χ0n) is 13.3. The van der Waals surface area contributed by atoms with Gasteiger partial charge in [-0.15, -0.1) is 0 Å². The molecule has 1 aliphatic heterocycles. The third kappa shape index (κ3) is 3.93. The Kier molecular flexibility index (Phi) is 4.67. The third-order valence-corrected chi connectivity index (χ3v) is 4.38. The van der Waals surface area contributed by atoms with Gasteiger partial charge in [0.1, 0.15) is 5.82 Å². The van der Waals surface area contributed by atoms with Gasteiger partial charge in [-0.2, -0.15) is 0 Å². The van der Waals surface area contributed by atoms with E-state index in [4.69, 9.17) is 5.11 Å². The largest absolute Gasteiger partial charge is 0.478 e. The monoisotopic (exact) mass is 311 g/mol. The van der Waals surface area contributed by atoms with E-state index >= 15 is 0 Å². The lowest BCUT2D eigenvalue weighted by Crippen LogP contribution is -2.32. The normalized spacial score (nSPS) is 16.4. The van der Waals surface area contributed by atoms with E-state index in [2.05, 4.69) is 14.9 Å². The zero-order valence-corrected chi connectivity index (χ0v) is 13.3. The van der Waals surface area contributed by atoms with Crippen LogP contribution in [0.25, 0.3) is 0 Å². The second-order valence-corrected chi connectivity index (χ2v) is 6.08. The fourth-order valence-electron chi connectivity index (χ4n) is 3.15. The Bertz CT molecular complexity index is 694. The quantitative estimate of drug-likeness (QED) is 0.940. The van der Waals surface area contributed by atoms with Crippen molar-refractivity contribution in [1.82, 2.24) is 14.9 Å². The van der Waals surface area contributed by atoms with Gasteiger partial charge < -0.3 is 5.11 Å². The molecule has 1 aliphatic rings. The second-order valence-electron chi connectivity index (χ2n) is 6.08. The lowest BCUT2D eigenvalue weighted by molar-refractivity contribution is 0.0696. The molecule has 3 rings (SSSR count). The van der Waals surface area contributed by atoms with Crippen molar-refractivity contribution in [3.05, 3.63) is 59.2 Å². The molecule has 0 unspecified atom stereocenters. The smallest absolute Gasteiger partial charge is 0.335 e. The fraction of sp³-hybridized carbons (Fsp3) is 0.389. The van der Waals surface area contributed by atoms with E-state index < -0.39 is 5.97 Å². The van der Waals surface area contributed by atoms with Crippen LogP contribution in [-0.2, 0) is 6.54 Å². The number of aromatic carboxylic acids is 1. The summed E-state index contributed by atoms with van der Waals surface area (Å²) in [6.45, 7) is 4.74. The van der Waals surface area contributed by atoms with Gasteiger partial charge in [-0.05, 0) is 56.6 Å². The van der Waals surface area contributed by atoms with Crippen LogP contribution < -0.4 is 0 Å². The second kappa shape index (κ2) is 6.87. The molecule has 1 saturated heterocycles. The molecular weight excluding hydrogens is 290 g/mol. The maximum atomic E-state index is 11.0. The SMILES string of the molecule is Cc1nccc(C2CCN(Cc3cccc(C(=O)O)c3)CC2)n1. The lowest BCUT2D eigenvalue weighted by Gasteiger charge is -2.31. The molecule has 5 nitrogen and oxygen atoms in total. The van der Waals surface area contributed by atoms with Gasteiger partial charge >= 0.3 is 5.97 Å². The number of piperidine rings is 1. The first-order valence-electron chi connectivity index (χ1n) is 7.96. The van der Waals surface area contributed by atoms with Gasteiger partial charge in [-0.3, -0.25) is 4.90 Å². The van der Waals surface area contributed by atoms with Crippen molar-refractivity contribution >= 4 is 5.97 Å². The standard InChI is InChI=1S/C18H21N3O2/c1-13-19-8-5-17(20-13)15-6-9-21(10-7-15)12-14-3-2-4-16(11-14)18(22)23/h2-5,8,11,15H,6-7,9-10,12H2,1H3,(H,22,23). The molecule has 0 aliphatic carbocycles. The number of carboxylic acid groups (broad SMARTS) is 1. The summed E-state index contributed by atoms with van der Waals surface area (Å²) in [6.07, 6.45) is 3.99. The number of carbonyl (C=O) groups is 1. The van der Waals surface area contributed by atoms with E-state index in [1.165, 1.54) is 0 Å². The zero-order chi connectivity index (χ0) is 16.2. The minimum absolute atomic E-state index is 0.355. The molecule has 1 fully saturated rings. The van der Waals surface area contributed by atoms with Gasteiger partial charge in [0.25, 0.3) is 0 Å². The van der Waals surface area contributed by atoms with Crippen molar-refractivity contribution in [1.29, 1.82) is 0 Å². The number of aromatic nitrogens is 2. The molecule has 120 valence electrons. The first kappa shape index (κ1) is 15.6. The van der Waals surface area contributed by atoms with Gasteiger partial charge in [0, 0.05) is 24.4 Å². The minimum Gasteiger partial charge on any atom is -0.478 e. The molecule has 1 aromatic heterocycles. The van der Waals surface area contributed by atoms with Crippen LogP contribution in [0.5, 0.6) is 0 Å². The van der Waals surface area contributed by atoms with Crippen molar-refractivity contribution in [2.45, 2.75) is 32.2 Å². The summed E-state index contributed by atoms with van der Waals surface area (Å²) in [5.74, 6) is 0.457. The average molecular weight is 311 g/mol.